The van der Waals surface area contributed by atoms with Crippen LogP contribution in [0.25, 0.3) is 0 Å². The molecule has 74 valence electrons. The van der Waals surface area contributed by atoms with Crippen LogP contribution in [0.4, 0.5) is 0 Å². The van der Waals surface area contributed by atoms with Crippen molar-refractivity contribution in [1.82, 2.24) is 0 Å². The van der Waals surface area contributed by atoms with E-state index in [9.17, 15) is 0 Å². The first-order chi connectivity index (χ1) is 6.18. The highest BCUT2D eigenvalue weighted by Gasteiger charge is 2.23. The third kappa shape index (κ3) is 7.32. The van der Waals surface area contributed by atoms with Crippen LogP contribution in [-0.4, -0.2) is 12.3 Å². The van der Waals surface area contributed by atoms with E-state index in [1.54, 1.807) is 6.21 Å². The van der Waals surface area contributed by atoms with Gasteiger partial charge in [0.25, 0.3) is 0 Å². The van der Waals surface area contributed by atoms with Crippen LogP contribution in [0.3, 0.4) is 0 Å². The SMILES string of the molecule is C=C(C)N=CC(=C)OC1CC1.CC. The zero-order valence-corrected chi connectivity index (χ0v) is 8.84. The van der Waals surface area contributed by atoms with E-state index >= 15 is 0 Å². The van der Waals surface area contributed by atoms with Crippen molar-refractivity contribution in [3.8, 4) is 0 Å². The van der Waals surface area contributed by atoms with Crippen molar-refractivity contribution in [3.05, 3.63) is 24.6 Å². The summed E-state index contributed by atoms with van der Waals surface area (Å²) in [5.41, 5.74) is 0.769. The Hall–Kier alpha value is -1.05. The molecule has 0 heterocycles. The van der Waals surface area contributed by atoms with Gasteiger partial charge >= 0.3 is 0 Å². The van der Waals surface area contributed by atoms with Crippen molar-refractivity contribution in [2.75, 3.05) is 0 Å². The summed E-state index contributed by atoms with van der Waals surface area (Å²) in [6, 6.07) is 0. The fourth-order valence-corrected chi connectivity index (χ4v) is 0.613. The van der Waals surface area contributed by atoms with Crippen molar-refractivity contribution < 1.29 is 4.74 Å². The Balaban J connectivity index is 0.000000671. The van der Waals surface area contributed by atoms with Crippen LogP contribution in [0.2, 0.25) is 0 Å². The Kier molecular flexibility index (Phi) is 5.94. The molecule has 1 fully saturated rings. The quantitative estimate of drug-likeness (QED) is 0.481. The molecule has 0 aromatic rings. The van der Waals surface area contributed by atoms with Gasteiger partial charge in [0.15, 0.2) is 0 Å². The minimum atomic E-state index is 0.402. The topological polar surface area (TPSA) is 21.6 Å². The molecule has 0 saturated heterocycles. The molecule has 0 spiro atoms. The zero-order valence-electron chi connectivity index (χ0n) is 8.84. The van der Waals surface area contributed by atoms with Gasteiger partial charge in [-0.15, -0.1) is 0 Å². The van der Waals surface area contributed by atoms with Crippen LogP contribution in [0.1, 0.15) is 33.6 Å². The molecular formula is C11H19NO. The molecule has 1 saturated carbocycles. The lowest BCUT2D eigenvalue weighted by molar-refractivity contribution is 0.218. The second-order valence-corrected chi connectivity index (χ2v) is 2.78. The molecule has 0 bridgehead atoms. The molecule has 1 aliphatic rings. The lowest BCUT2D eigenvalue weighted by atomic mass is 10.5. The Bertz CT molecular complexity index is 202. The Morgan fingerprint density at radius 3 is 2.31 bits per heavy atom. The molecule has 0 atom stereocenters. The fraction of sp³-hybridized carbons (Fsp3) is 0.545. The molecule has 1 rings (SSSR count). The van der Waals surface area contributed by atoms with Gasteiger partial charge in [-0.25, -0.2) is 0 Å². The minimum absolute atomic E-state index is 0.402. The summed E-state index contributed by atoms with van der Waals surface area (Å²) in [4.78, 5) is 3.96. The number of rotatable bonds is 4. The van der Waals surface area contributed by atoms with Gasteiger partial charge in [0, 0.05) is 5.70 Å². The smallest absolute Gasteiger partial charge is 0.130 e. The van der Waals surface area contributed by atoms with Gasteiger partial charge in [-0.3, -0.25) is 4.99 Å². The van der Waals surface area contributed by atoms with E-state index in [1.165, 1.54) is 0 Å². The van der Waals surface area contributed by atoms with Crippen LogP contribution in [0, 0.1) is 0 Å². The van der Waals surface area contributed by atoms with E-state index in [0.717, 1.165) is 18.5 Å². The molecule has 0 aliphatic heterocycles. The first-order valence-corrected chi connectivity index (χ1v) is 4.73. The summed E-state index contributed by atoms with van der Waals surface area (Å²) >= 11 is 0. The number of hydrogen-bond donors (Lipinski definition) is 0. The van der Waals surface area contributed by atoms with Crippen molar-refractivity contribution in [1.29, 1.82) is 0 Å². The number of nitrogens with zero attached hydrogens (tertiary/aromatic N) is 1. The van der Waals surface area contributed by atoms with Crippen molar-refractivity contribution in [3.63, 3.8) is 0 Å². The van der Waals surface area contributed by atoms with Gasteiger partial charge in [-0.1, -0.05) is 27.0 Å². The average Bonchev–Trinajstić information content (AvgIpc) is 2.89. The summed E-state index contributed by atoms with van der Waals surface area (Å²) in [5.74, 6) is 0.635. The number of hydrogen-bond acceptors (Lipinski definition) is 2. The molecule has 13 heavy (non-hydrogen) atoms. The summed E-state index contributed by atoms with van der Waals surface area (Å²) < 4.78 is 5.33. The number of ether oxygens (including phenoxy) is 1. The van der Waals surface area contributed by atoms with E-state index in [4.69, 9.17) is 4.74 Å². The Labute approximate surface area is 81.0 Å². The van der Waals surface area contributed by atoms with E-state index in [1.807, 2.05) is 20.8 Å². The highest BCUT2D eigenvalue weighted by molar-refractivity contribution is 5.75. The summed E-state index contributed by atoms with van der Waals surface area (Å²) in [6.07, 6.45) is 4.32. The van der Waals surface area contributed by atoms with Gasteiger partial charge in [0.05, 0.1) is 12.3 Å². The normalized spacial score (nSPS) is 14.7. The highest BCUT2D eigenvalue weighted by atomic mass is 16.5. The molecular weight excluding hydrogens is 162 g/mol. The fourth-order valence-electron chi connectivity index (χ4n) is 0.613. The monoisotopic (exact) mass is 181 g/mol. The van der Waals surface area contributed by atoms with E-state index in [-0.39, 0.29) is 0 Å². The maximum Gasteiger partial charge on any atom is 0.130 e. The first-order valence-electron chi connectivity index (χ1n) is 4.73. The van der Waals surface area contributed by atoms with Gasteiger partial charge < -0.3 is 4.74 Å². The van der Waals surface area contributed by atoms with Crippen LogP contribution in [0.5, 0.6) is 0 Å². The predicted octanol–water partition coefficient (Wildman–Crippen LogP) is 3.31. The lowest BCUT2D eigenvalue weighted by Crippen LogP contribution is -1.93. The Morgan fingerprint density at radius 2 is 1.92 bits per heavy atom. The van der Waals surface area contributed by atoms with Gasteiger partial charge in [0.2, 0.25) is 0 Å². The van der Waals surface area contributed by atoms with E-state index in [2.05, 4.69) is 18.2 Å². The standard InChI is InChI=1S/C9H13NO.C2H6/c1-7(2)10-6-8(3)11-9-4-5-9;1-2/h6,9H,1,3-5H2,2H3;1-2H3. The van der Waals surface area contributed by atoms with Gasteiger partial charge in [0.1, 0.15) is 5.76 Å². The third-order valence-corrected chi connectivity index (χ3v) is 1.27. The van der Waals surface area contributed by atoms with Crippen LogP contribution < -0.4 is 0 Å². The van der Waals surface area contributed by atoms with Crippen LogP contribution in [0.15, 0.2) is 29.6 Å². The molecule has 2 heteroatoms. The molecule has 0 unspecified atom stereocenters. The van der Waals surface area contributed by atoms with Gasteiger partial charge in [-0.05, 0) is 19.8 Å². The minimum Gasteiger partial charge on any atom is -0.489 e. The molecule has 0 amide bonds. The van der Waals surface area contributed by atoms with Crippen LogP contribution >= 0.6 is 0 Å². The second kappa shape index (κ2) is 6.46. The molecule has 0 aromatic heterocycles. The summed E-state index contributed by atoms with van der Waals surface area (Å²) in [5, 5.41) is 0. The Morgan fingerprint density at radius 1 is 1.38 bits per heavy atom. The summed E-state index contributed by atoms with van der Waals surface area (Å²) in [6.45, 7) is 13.2. The average molecular weight is 181 g/mol. The lowest BCUT2D eigenvalue weighted by Gasteiger charge is -2.00. The molecule has 1 aliphatic carbocycles. The van der Waals surface area contributed by atoms with Gasteiger partial charge in [-0.2, -0.15) is 0 Å². The van der Waals surface area contributed by atoms with Crippen LogP contribution in [-0.2, 0) is 4.74 Å². The molecule has 0 aromatic carbocycles. The number of aliphatic imine (C=N–C) groups is 1. The largest absolute Gasteiger partial charge is 0.489 e. The van der Waals surface area contributed by atoms with E-state index < -0.39 is 0 Å². The van der Waals surface area contributed by atoms with Crippen molar-refractivity contribution in [2.45, 2.75) is 39.7 Å². The maximum atomic E-state index is 5.33. The maximum absolute atomic E-state index is 5.33. The molecule has 0 radical (unpaired) electrons. The number of allylic oxidation sites excluding steroid dienone is 2. The second-order valence-electron chi connectivity index (χ2n) is 2.78. The highest BCUT2D eigenvalue weighted by Crippen LogP contribution is 2.25. The molecule has 2 nitrogen and oxygen atoms in total. The van der Waals surface area contributed by atoms with Crippen molar-refractivity contribution in [2.24, 2.45) is 4.99 Å². The predicted molar refractivity (Wildman–Crippen MR) is 57.9 cm³/mol. The summed E-state index contributed by atoms with van der Waals surface area (Å²) in [7, 11) is 0. The first kappa shape index (κ1) is 11.9. The van der Waals surface area contributed by atoms with Crippen molar-refractivity contribution >= 4 is 6.21 Å². The zero-order chi connectivity index (χ0) is 10.3. The molecule has 0 N–H and O–H groups in total. The third-order valence-electron chi connectivity index (χ3n) is 1.27. The van der Waals surface area contributed by atoms with E-state index in [0.29, 0.717) is 11.9 Å².